The minimum absolute atomic E-state index is 0.183. The molecule has 0 radical (unpaired) electrons. The number of carbonyl (C=O) groups excluding carboxylic acids is 3. The van der Waals surface area contributed by atoms with Crippen LogP contribution in [-0.2, 0) is 9.59 Å². The molecule has 0 aliphatic rings. The van der Waals surface area contributed by atoms with Crippen molar-refractivity contribution in [3.63, 3.8) is 0 Å². The van der Waals surface area contributed by atoms with E-state index in [4.69, 9.17) is 10.8 Å². The van der Waals surface area contributed by atoms with E-state index in [1.807, 2.05) is 0 Å². The molecule has 0 bridgehead atoms. The summed E-state index contributed by atoms with van der Waals surface area (Å²) in [5.41, 5.74) is 7.06. The number of nitrogens with two attached hydrogens (primary N) is 1. The van der Waals surface area contributed by atoms with E-state index in [1.54, 1.807) is 36.4 Å². The summed E-state index contributed by atoms with van der Waals surface area (Å²) in [6.45, 7) is -0.886. The van der Waals surface area contributed by atoms with Crippen LogP contribution in [-0.4, -0.2) is 52.9 Å². The molecule has 0 aliphatic heterocycles. The Labute approximate surface area is 199 Å². The van der Waals surface area contributed by atoms with Gasteiger partial charge in [-0.3, -0.25) is 14.4 Å². The fourth-order valence-electron chi connectivity index (χ4n) is 2.84. The van der Waals surface area contributed by atoms with Crippen LogP contribution in [0.4, 0.5) is 18.9 Å². The number of carbonyl (C=O) groups is 3. The van der Waals surface area contributed by atoms with Gasteiger partial charge in [0.2, 0.25) is 5.91 Å². The second kappa shape index (κ2) is 12.7. The highest BCUT2D eigenvalue weighted by Gasteiger charge is 2.27. The molecule has 0 spiro atoms. The van der Waals surface area contributed by atoms with Crippen LogP contribution in [0.5, 0.6) is 0 Å². The van der Waals surface area contributed by atoms with Crippen molar-refractivity contribution in [1.82, 2.24) is 5.32 Å². The zero-order valence-electron chi connectivity index (χ0n) is 18.4. The van der Waals surface area contributed by atoms with Gasteiger partial charge in [-0.2, -0.15) is 13.2 Å². The summed E-state index contributed by atoms with van der Waals surface area (Å²) in [6.07, 6.45) is -7.49. The summed E-state index contributed by atoms with van der Waals surface area (Å²) in [5.74, 6) is 3.78. The predicted octanol–water partition coefficient (Wildman–Crippen LogP) is 1.69. The molecule has 0 saturated carbocycles. The van der Waals surface area contributed by atoms with Gasteiger partial charge in [0.05, 0.1) is 0 Å². The fourth-order valence-corrected chi connectivity index (χ4v) is 2.84. The number of aliphatic hydroxyl groups is 2. The van der Waals surface area contributed by atoms with Gasteiger partial charge in [0, 0.05) is 35.2 Å². The Morgan fingerprint density at radius 3 is 2.00 bits per heavy atom. The Bertz CT molecular complexity index is 1090. The largest absolute Gasteiger partial charge is 0.389 e. The number of amides is 2. The number of Topliss-reactive ketones (excluding diaryl/α,β-unsaturated/α-hetero) is 1. The van der Waals surface area contributed by atoms with Crippen LogP contribution in [0.1, 0.15) is 40.7 Å². The van der Waals surface area contributed by atoms with Gasteiger partial charge < -0.3 is 26.6 Å². The zero-order valence-corrected chi connectivity index (χ0v) is 18.4. The number of hydrogen-bond acceptors (Lipinski definition) is 6. The van der Waals surface area contributed by atoms with Crippen LogP contribution >= 0.6 is 0 Å². The summed E-state index contributed by atoms with van der Waals surface area (Å²) in [4.78, 5) is 35.5. The van der Waals surface area contributed by atoms with Crippen LogP contribution in [0.15, 0.2) is 48.5 Å². The number of aliphatic hydroxyl groups excluding tert-OH is 2. The van der Waals surface area contributed by atoms with E-state index in [-0.39, 0.29) is 18.4 Å². The molecule has 0 aromatic heterocycles. The first-order valence-corrected chi connectivity index (χ1v) is 10.5. The van der Waals surface area contributed by atoms with Crippen LogP contribution < -0.4 is 16.4 Å². The topological polar surface area (TPSA) is 142 Å². The molecular formula is C24H24F3N3O5. The average Bonchev–Trinajstić information content (AvgIpc) is 2.80. The SMILES string of the molecule is N[C@@H](O)[C@H](NC(=O)c1ccc(C#Cc2ccc(NC(=O)CCCC(F)(F)F)cc2)cc1)C(=O)CO. The normalized spacial score (nSPS) is 12.6. The highest BCUT2D eigenvalue weighted by Crippen LogP contribution is 2.22. The smallest absolute Gasteiger partial charge is 0.388 e. The van der Waals surface area contributed by atoms with E-state index in [2.05, 4.69) is 22.5 Å². The quantitative estimate of drug-likeness (QED) is 0.267. The third kappa shape index (κ3) is 9.58. The molecule has 2 rings (SSSR count). The fraction of sp³-hybridized carbons (Fsp3) is 0.292. The van der Waals surface area contributed by atoms with E-state index in [1.165, 1.54) is 12.1 Å². The molecule has 0 aliphatic carbocycles. The van der Waals surface area contributed by atoms with Crippen LogP contribution in [0.25, 0.3) is 0 Å². The molecule has 0 unspecified atom stereocenters. The van der Waals surface area contributed by atoms with Crippen molar-refractivity contribution in [3.8, 4) is 11.8 Å². The van der Waals surface area contributed by atoms with Crippen molar-refractivity contribution in [2.75, 3.05) is 11.9 Å². The molecule has 2 atom stereocenters. The molecule has 11 heteroatoms. The molecule has 2 aromatic carbocycles. The van der Waals surface area contributed by atoms with Crippen LogP contribution in [0.2, 0.25) is 0 Å². The maximum absolute atomic E-state index is 12.3. The standard InChI is InChI=1S/C24H24F3N3O5/c25-24(26,27)13-1-2-20(33)29-18-11-7-16(8-12-18)4-3-15-5-9-17(10-6-15)23(35)30-21(22(28)34)19(32)14-31/h5-12,21-22,31,34H,1-2,13-14,28H2,(H,29,33)(H,30,35)/t21-,22+/m1/s1. The molecular weight excluding hydrogens is 467 g/mol. The lowest BCUT2D eigenvalue weighted by atomic mass is 10.1. The predicted molar refractivity (Wildman–Crippen MR) is 121 cm³/mol. The molecule has 2 aromatic rings. The van der Waals surface area contributed by atoms with Gasteiger partial charge in [0.15, 0.2) is 5.78 Å². The second-order valence-corrected chi connectivity index (χ2v) is 7.49. The van der Waals surface area contributed by atoms with Crippen molar-refractivity contribution in [2.24, 2.45) is 5.73 Å². The Morgan fingerprint density at radius 1 is 0.971 bits per heavy atom. The number of nitrogens with one attached hydrogen (secondary N) is 2. The van der Waals surface area contributed by atoms with Crippen LogP contribution in [0, 0.1) is 11.8 Å². The summed E-state index contributed by atoms with van der Waals surface area (Å²) < 4.78 is 36.4. The number of ketones is 1. The number of halogens is 3. The van der Waals surface area contributed by atoms with E-state index in [0.29, 0.717) is 16.8 Å². The number of rotatable bonds is 9. The number of anilines is 1. The van der Waals surface area contributed by atoms with Gasteiger partial charge in [-0.05, 0) is 55.0 Å². The van der Waals surface area contributed by atoms with E-state index in [0.717, 1.165) is 0 Å². The van der Waals surface area contributed by atoms with Gasteiger partial charge in [0.1, 0.15) is 18.9 Å². The van der Waals surface area contributed by atoms with E-state index < -0.39 is 49.1 Å². The van der Waals surface area contributed by atoms with Gasteiger partial charge in [-0.15, -0.1) is 0 Å². The minimum atomic E-state index is -4.29. The molecule has 6 N–H and O–H groups in total. The molecule has 2 amide bonds. The third-order valence-electron chi connectivity index (χ3n) is 4.66. The monoisotopic (exact) mass is 491 g/mol. The van der Waals surface area contributed by atoms with E-state index >= 15 is 0 Å². The maximum Gasteiger partial charge on any atom is 0.389 e. The molecule has 0 fully saturated rings. The molecule has 186 valence electrons. The first-order valence-electron chi connectivity index (χ1n) is 10.5. The van der Waals surface area contributed by atoms with Crippen molar-refractivity contribution < 1.29 is 37.8 Å². The lowest BCUT2D eigenvalue weighted by Gasteiger charge is -2.19. The van der Waals surface area contributed by atoms with Crippen LogP contribution in [0.3, 0.4) is 0 Å². The average molecular weight is 491 g/mol. The highest BCUT2D eigenvalue weighted by atomic mass is 19.4. The Balaban J connectivity index is 1.93. The number of benzene rings is 2. The van der Waals surface area contributed by atoms with Crippen molar-refractivity contribution in [3.05, 3.63) is 65.2 Å². The van der Waals surface area contributed by atoms with Gasteiger partial charge in [-0.25, -0.2) is 0 Å². The van der Waals surface area contributed by atoms with Gasteiger partial charge in [-0.1, -0.05) is 11.8 Å². The molecule has 0 heterocycles. The number of hydrogen-bond donors (Lipinski definition) is 5. The van der Waals surface area contributed by atoms with Gasteiger partial charge in [0.25, 0.3) is 5.91 Å². The van der Waals surface area contributed by atoms with Gasteiger partial charge >= 0.3 is 6.18 Å². The Hall–Kier alpha value is -3.72. The summed E-state index contributed by atoms with van der Waals surface area (Å²) in [7, 11) is 0. The highest BCUT2D eigenvalue weighted by molar-refractivity contribution is 5.98. The molecule has 8 nitrogen and oxygen atoms in total. The third-order valence-corrected chi connectivity index (χ3v) is 4.66. The lowest BCUT2D eigenvalue weighted by Crippen LogP contribution is -2.53. The minimum Gasteiger partial charge on any atom is -0.388 e. The first-order chi connectivity index (χ1) is 16.5. The van der Waals surface area contributed by atoms with Crippen molar-refractivity contribution >= 4 is 23.3 Å². The first kappa shape index (κ1) is 27.5. The summed E-state index contributed by atoms with van der Waals surface area (Å²) in [6, 6.07) is 11.0. The second-order valence-electron chi connectivity index (χ2n) is 7.49. The Morgan fingerprint density at radius 2 is 1.51 bits per heavy atom. The number of alkyl halides is 3. The Kier molecular flexibility index (Phi) is 9.96. The molecule has 35 heavy (non-hydrogen) atoms. The molecule has 0 saturated heterocycles. The van der Waals surface area contributed by atoms with Crippen molar-refractivity contribution in [2.45, 2.75) is 37.7 Å². The van der Waals surface area contributed by atoms with E-state index in [9.17, 15) is 32.7 Å². The lowest BCUT2D eigenvalue weighted by molar-refractivity contribution is -0.136. The summed E-state index contributed by atoms with van der Waals surface area (Å²) >= 11 is 0. The maximum atomic E-state index is 12.3. The summed E-state index contributed by atoms with van der Waals surface area (Å²) in [5, 5.41) is 23.1. The van der Waals surface area contributed by atoms with Crippen molar-refractivity contribution in [1.29, 1.82) is 0 Å². The zero-order chi connectivity index (χ0) is 26.0.